The fourth-order valence-electron chi connectivity index (χ4n) is 3.53. The topological polar surface area (TPSA) is 74.8 Å². The number of anilines is 1. The van der Waals surface area contributed by atoms with E-state index in [1.165, 1.54) is 32.1 Å². The second-order valence-corrected chi connectivity index (χ2v) is 6.96. The normalized spacial score (nSPS) is 18.0. The van der Waals surface area contributed by atoms with E-state index in [4.69, 9.17) is 4.74 Å². The van der Waals surface area contributed by atoms with E-state index in [0.717, 1.165) is 35.9 Å². The first-order valence-corrected chi connectivity index (χ1v) is 9.85. The molecule has 0 unspecified atom stereocenters. The van der Waals surface area contributed by atoms with E-state index in [1.54, 1.807) is 0 Å². The molecule has 142 valence electrons. The van der Waals surface area contributed by atoms with E-state index in [9.17, 15) is 4.79 Å². The van der Waals surface area contributed by atoms with Crippen LogP contribution < -0.4 is 20.7 Å². The minimum absolute atomic E-state index is 0.0851. The maximum atomic E-state index is 11.4. The molecule has 1 aromatic rings. The van der Waals surface area contributed by atoms with Crippen LogP contribution in [0, 0.1) is 0 Å². The molecule has 0 bridgehead atoms. The van der Waals surface area contributed by atoms with Crippen LogP contribution in [0.25, 0.3) is 0 Å². The summed E-state index contributed by atoms with van der Waals surface area (Å²) in [6.07, 6.45) is 7.73. The molecule has 1 aliphatic carbocycles. The molecule has 1 aliphatic heterocycles. The number of guanidine groups is 1. The Bertz CT molecular complexity index is 639. The van der Waals surface area contributed by atoms with Crippen LogP contribution in [-0.4, -0.2) is 37.6 Å². The van der Waals surface area contributed by atoms with Crippen molar-refractivity contribution in [2.24, 2.45) is 4.99 Å². The van der Waals surface area contributed by atoms with Crippen LogP contribution in [0.15, 0.2) is 23.2 Å². The highest BCUT2D eigenvalue weighted by Crippen LogP contribution is 2.26. The first-order valence-electron chi connectivity index (χ1n) is 9.85. The Morgan fingerprint density at radius 3 is 2.92 bits per heavy atom. The van der Waals surface area contributed by atoms with E-state index in [0.29, 0.717) is 25.6 Å². The van der Waals surface area contributed by atoms with Crippen LogP contribution in [0.2, 0.25) is 0 Å². The van der Waals surface area contributed by atoms with Gasteiger partial charge >= 0.3 is 0 Å². The lowest BCUT2D eigenvalue weighted by molar-refractivity contribution is -0.116. The van der Waals surface area contributed by atoms with Gasteiger partial charge in [-0.15, -0.1) is 0 Å². The van der Waals surface area contributed by atoms with Gasteiger partial charge in [0, 0.05) is 24.7 Å². The summed E-state index contributed by atoms with van der Waals surface area (Å²) in [4.78, 5) is 16.0. The molecule has 6 nitrogen and oxygen atoms in total. The van der Waals surface area contributed by atoms with Crippen LogP contribution in [0.3, 0.4) is 0 Å². The number of carbonyl (C=O) groups is 1. The zero-order chi connectivity index (χ0) is 18.2. The Morgan fingerprint density at radius 2 is 2.12 bits per heavy atom. The highest BCUT2D eigenvalue weighted by Gasteiger charge is 2.15. The summed E-state index contributed by atoms with van der Waals surface area (Å²) in [5.41, 5.74) is 2.04. The van der Waals surface area contributed by atoms with Gasteiger partial charge < -0.3 is 20.7 Å². The Morgan fingerprint density at radius 1 is 1.27 bits per heavy atom. The van der Waals surface area contributed by atoms with E-state index in [1.807, 2.05) is 18.2 Å². The monoisotopic (exact) mass is 358 g/mol. The molecule has 6 heteroatoms. The zero-order valence-electron chi connectivity index (χ0n) is 15.6. The molecule has 26 heavy (non-hydrogen) atoms. The third-order valence-electron chi connectivity index (χ3n) is 4.89. The number of carbonyl (C=O) groups excluding carboxylic acids is 1. The highest BCUT2D eigenvalue weighted by molar-refractivity contribution is 5.94. The fourth-order valence-corrected chi connectivity index (χ4v) is 3.53. The Labute approximate surface area is 155 Å². The van der Waals surface area contributed by atoms with Gasteiger partial charge in [0.1, 0.15) is 12.4 Å². The predicted octanol–water partition coefficient (Wildman–Crippen LogP) is 2.84. The van der Waals surface area contributed by atoms with Gasteiger partial charge in [0.2, 0.25) is 5.91 Å². The molecule has 3 N–H and O–H groups in total. The smallest absolute Gasteiger partial charge is 0.224 e. The number of rotatable bonds is 6. The highest BCUT2D eigenvalue weighted by atomic mass is 16.5. The zero-order valence-corrected chi connectivity index (χ0v) is 15.6. The first-order chi connectivity index (χ1) is 12.7. The molecule has 1 heterocycles. The fraction of sp³-hybridized carbons (Fsp3) is 0.600. The molecular weight excluding hydrogens is 328 g/mol. The van der Waals surface area contributed by atoms with Gasteiger partial charge in [-0.3, -0.25) is 4.79 Å². The number of aliphatic imine (C=N–C) groups is 1. The largest absolute Gasteiger partial charge is 0.492 e. The van der Waals surface area contributed by atoms with E-state index < -0.39 is 0 Å². The van der Waals surface area contributed by atoms with Gasteiger partial charge in [0.15, 0.2) is 5.96 Å². The molecular formula is C20H30N4O2. The van der Waals surface area contributed by atoms with E-state index in [2.05, 4.69) is 27.9 Å². The number of nitrogens with one attached hydrogen (secondary N) is 3. The third kappa shape index (κ3) is 5.38. The first kappa shape index (κ1) is 18.5. The minimum Gasteiger partial charge on any atom is -0.492 e. The van der Waals surface area contributed by atoms with Crippen molar-refractivity contribution in [3.63, 3.8) is 0 Å². The number of nitrogens with zero attached hydrogens (tertiary/aromatic N) is 1. The van der Waals surface area contributed by atoms with Crippen molar-refractivity contribution in [3.8, 4) is 5.75 Å². The molecule has 1 fully saturated rings. The summed E-state index contributed by atoms with van der Waals surface area (Å²) in [6.45, 7) is 4.08. The van der Waals surface area contributed by atoms with Crippen molar-refractivity contribution in [2.45, 2.75) is 57.9 Å². The lowest BCUT2D eigenvalue weighted by Gasteiger charge is -2.24. The van der Waals surface area contributed by atoms with E-state index in [-0.39, 0.29) is 5.91 Å². The molecule has 1 saturated carbocycles. The second-order valence-electron chi connectivity index (χ2n) is 6.96. The lowest BCUT2D eigenvalue weighted by atomic mass is 9.96. The van der Waals surface area contributed by atoms with Crippen molar-refractivity contribution < 1.29 is 9.53 Å². The van der Waals surface area contributed by atoms with Crippen molar-refractivity contribution in [1.29, 1.82) is 0 Å². The summed E-state index contributed by atoms with van der Waals surface area (Å²) < 4.78 is 5.84. The van der Waals surface area contributed by atoms with E-state index >= 15 is 0 Å². The summed E-state index contributed by atoms with van der Waals surface area (Å²) in [5.74, 6) is 1.80. The Balaban J connectivity index is 1.47. The number of fused-ring (bicyclic) bond motifs is 1. The van der Waals surface area contributed by atoms with Crippen LogP contribution in [0.5, 0.6) is 5.75 Å². The van der Waals surface area contributed by atoms with Gasteiger partial charge in [-0.1, -0.05) is 19.3 Å². The SMILES string of the molecule is CCNC(=NCCOc1ccc2c(c1)CCC(=O)N2)NC1CCCCC1. The molecule has 3 rings (SSSR count). The molecule has 0 atom stereocenters. The Kier molecular flexibility index (Phi) is 6.75. The third-order valence-corrected chi connectivity index (χ3v) is 4.89. The number of amides is 1. The summed E-state index contributed by atoms with van der Waals surface area (Å²) >= 11 is 0. The lowest BCUT2D eigenvalue weighted by Crippen LogP contribution is -2.44. The average molecular weight is 358 g/mol. The molecule has 2 aliphatic rings. The summed E-state index contributed by atoms with van der Waals surface area (Å²) in [7, 11) is 0. The molecule has 0 spiro atoms. The minimum atomic E-state index is 0.0851. The quantitative estimate of drug-likeness (QED) is 0.415. The maximum absolute atomic E-state index is 11.4. The Hall–Kier alpha value is -2.24. The standard InChI is InChI=1S/C20H30N4O2/c1-2-21-20(23-16-6-4-3-5-7-16)22-12-13-26-17-9-10-18-15(14-17)8-11-19(25)24-18/h9-10,14,16H,2-8,11-13H2,1H3,(H,24,25)(H2,21,22,23). The van der Waals surface area contributed by atoms with Gasteiger partial charge in [-0.2, -0.15) is 0 Å². The molecule has 0 saturated heterocycles. The van der Waals surface area contributed by atoms with Gasteiger partial charge in [0.05, 0.1) is 6.54 Å². The van der Waals surface area contributed by atoms with Crippen LogP contribution >= 0.6 is 0 Å². The van der Waals surface area contributed by atoms with Crippen LogP contribution in [-0.2, 0) is 11.2 Å². The van der Waals surface area contributed by atoms with Gasteiger partial charge in [-0.25, -0.2) is 4.99 Å². The van der Waals surface area contributed by atoms with Crippen LogP contribution in [0.1, 0.15) is 51.0 Å². The predicted molar refractivity (Wildman–Crippen MR) is 105 cm³/mol. The van der Waals surface area contributed by atoms with Gasteiger partial charge in [-0.05, 0) is 49.9 Å². The molecule has 1 aromatic carbocycles. The summed E-state index contributed by atoms with van der Waals surface area (Å²) in [6, 6.07) is 6.38. The maximum Gasteiger partial charge on any atom is 0.224 e. The molecule has 1 amide bonds. The van der Waals surface area contributed by atoms with Crippen molar-refractivity contribution in [3.05, 3.63) is 23.8 Å². The van der Waals surface area contributed by atoms with Crippen LogP contribution in [0.4, 0.5) is 5.69 Å². The number of benzene rings is 1. The van der Waals surface area contributed by atoms with Gasteiger partial charge in [0.25, 0.3) is 0 Å². The summed E-state index contributed by atoms with van der Waals surface area (Å²) in [5, 5.41) is 9.75. The number of aryl methyl sites for hydroxylation is 1. The second kappa shape index (κ2) is 9.46. The number of hydrogen-bond donors (Lipinski definition) is 3. The van der Waals surface area contributed by atoms with Crippen molar-refractivity contribution in [1.82, 2.24) is 10.6 Å². The van der Waals surface area contributed by atoms with Crippen molar-refractivity contribution >= 4 is 17.6 Å². The average Bonchev–Trinajstić information content (AvgIpc) is 2.66. The van der Waals surface area contributed by atoms with Crippen molar-refractivity contribution in [2.75, 3.05) is 25.0 Å². The number of hydrogen-bond acceptors (Lipinski definition) is 3. The molecule has 0 aromatic heterocycles. The molecule has 0 radical (unpaired) electrons. The number of ether oxygens (including phenoxy) is 1.